The van der Waals surface area contributed by atoms with Crippen LogP contribution < -0.4 is 0 Å². The Morgan fingerprint density at radius 2 is 2.38 bits per heavy atom. The Morgan fingerprint density at radius 1 is 1.56 bits per heavy atom. The standard InChI is InChI=1S/C13H20O2S/c1-2-15-13(10-5-6-10)12(14)8-7-11-4-3-9-16-11/h3-4,9-10,12-14H,2,5-8H2,1H3. The van der Waals surface area contributed by atoms with E-state index in [4.69, 9.17) is 4.74 Å². The molecule has 2 unspecified atom stereocenters. The fraction of sp³-hybridized carbons (Fsp3) is 0.692. The molecule has 90 valence electrons. The molecule has 2 nitrogen and oxygen atoms in total. The van der Waals surface area contributed by atoms with Crippen molar-refractivity contribution in [2.24, 2.45) is 5.92 Å². The van der Waals surface area contributed by atoms with Gasteiger partial charge in [-0.25, -0.2) is 0 Å². The molecule has 0 amide bonds. The van der Waals surface area contributed by atoms with Crippen LogP contribution in [0.3, 0.4) is 0 Å². The van der Waals surface area contributed by atoms with Crippen LogP contribution in [0.5, 0.6) is 0 Å². The summed E-state index contributed by atoms with van der Waals surface area (Å²) in [6.07, 6.45) is 4.01. The first-order chi connectivity index (χ1) is 7.81. The van der Waals surface area contributed by atoms with Crippen LogP contribution in [-0.4, -0.2) is 23.9 Å². The third-order valence-corrected chi connectivity index (χ3v) is 4.03. The molecule has 2 rings (SSSR count). The number of hydrogen-bond donors (Lipinski definition) is 1. The summed E-state index contributed by atoms with van der Waals surface area (Å²) in [7, 11) is 0. The average Bonchev–Trinajstić information content (AvgIpc) is 2.99. The van der Waals surface area contributed by atoms with Crippen LogP contribution in [0.2, 0.25) is 0 Å². The first-order valence-corrected chi connectivity index (χ1v) is 7.01. The second-order valence-corrected chi connectivity index (χ2v) is 5.48. The maximum Gasteiger partial charge on any atom is 0.0861 e. The number of thiophene rings is 1. The molecule has 0 saturated heterocycles. The lowest BCUT2D eigenvalue weighted by molar-refractivity contribution is -0.0472. The summed E-state index contributed by atoms with van der Waals surface area (Å²) in [5, 5.41) is 12.2. The van der Waals surface area contributed by atoms with E-state index >= 15 is 0 Å². The van der Waals surface area contributed by atoms with Crippen LogP contribution in [0.15, 0.2) is 17.5 Å². The molecule has 0 bridgehead atoms. The number of hydrogen-bond acceptors (Lipinski definition) is 3. The zero-order chi connectivity index (χ0) is 11.4. The molecule has 2 atom stereocenters. The van der Waals surface area contributed by atoms with Gasteiger partial charge in [-0.05, 0) is 50.0 Å². The maximum atomic E-state index is 10.1. The molecule has 1 aromatic rings. The maximum absolute atomic E-state index is 10.1. The molecule has 1 aromatic heterocycles. The summed E-state index contributed by atoms with van der Waals surface area (Å²) in [5.41, 5.74) is 0. The summed E-state index contributed by atoms with van der Waals surface area (Å²) in [6, 6.07) is 4.19. The molecule has 16 heavy (non-hydrogen) atoms. The molecule has 1 aliphatic carbocycles. The molecule has 0 spiro atoms. The van der Waals surface area contributed by atoms with Crippen molar-refractivity contribution in [3.8, 4) is 0 Å². The fourth-order valence-corrected chi connectivity index (χ4v) is 2.81. The molecule has 0 radical (unpaired) electrons. The van der Waals surface area contributed by atoms with Gasteiger partial charge >= 0.3 is 0 Å². The van der Waals surface area contributed by atoms with E-state index in [1.165, 1.54) is 17.7 Å². The van der Waals surface area contributed by atoms with E-state index in [9.17, 15) is 5.11 Å². The highest BCUT2D eigenvalue weighted by molar-refractivity contribution is 7.09. The quantitative estimate of drug-likeness (QED) is 0.794. The first-order valence-electron chi connectivity index (χ1n) is 6.13. The highest BCUT2D eigenvalue weighted by Gasteiger charge is 2.36. The van der Waals surface area contributed by atoms with Crippen molar-refractivity contribution in [3.63, 3.8) is 0 Å². The molecule has 0 aromatic carbocycles. The van der Waals surface area contributed by atoms with Crippen molar-refractivity contribution < 1.29 is 9.84 Å². The number of aliphatic hydroxyl groups is 1. The zero-order valence-corrected chi connectivity index (χ0v) is 10.6. The monoisotopic (exact) mass is 240 g/mol. The Morgan fingerprint density at radius 3 is 2.94 bits per heavy atom. The third-order valence-electron chi connectivity index (χ3n) is 3.09. The van der Waals surface area contributed by atoms with E-state index in [1.807, 2.05) is 6.92 Å². The lowest BCUT2D eigenvalue weighted by Crippen LogP contribution is -2.31. The van der Waals surface area contributed by atoms with Crippen molar-refractivity contribution in [2.45, 2.75) is 44.8 Å². The Labute approximate surface area is 101 Å². The van der Waals surface area contributed by atoms with Gasteiger partial charge in [-0.3, -0.25) is 0 Å². The predicted molar refractivity (Wildman–Crippen MR) is 66.8 cm³/mol. The third kappa shape index (κ3) is 3.30. The molecule has 3 heteroatoms. The molecule has 1 heterocycles. The van der Waals surface area contributed by atoms with Gasteiger partial charge in [0.2, 0.25) is 0 Å². The fourth-order valence-electron chi connectivity index (χ4n) is 2.09. The molecule has 1 saturated carbocycles. The Bertz CT molecular complexity index is 293. The van der Waals surface area contributed by atoms with Crippen molar-refractivity contribution in [2.75, 3.05) is 6.61 Å². The van der Waals surface area contributed by atoms with E-state index < -0.39 is 0 Å². The molecular formula is C13H20O2S. The van der Waals surface area contributed by atoms with Gasteiger partial charge in [0.1, 0.15) is 0 Å². The van der Waals surface area contributed by atoms with E-state index in [0.29, 0.717) is 12.5 Å². The second-order valence-electron chi connectivity index (χ2n) is 4.44. The van der Waals surface area contributed by atoms with Gasteiger partial charge in [0, 0.05) is 11.5 Å². The summed E-state index contributed by atoms with van der Waals surface area (Å²) in [4.78, 5) is 1.35. The van der Waals surface area contributed by atoms with Crippen molar-refractivity contribution in [3.05, 3.63) is 22.4 Å². The van der Waals surface area contributed by atoms with Crippen LogP contribution in [0.25, 0.3) is 0 Å². The normalized spacial score (nSPS) is 19.6. The lowest BCUT2D eigenvalue weighted by Gasteiger charge is -2.22. The van der Waals surface area contributed by atoms with Crippen LogP contribution in [0.4, 0.5) is 0 Å². The summed E-state index contributed by atoms with van der Waals surface area (Å²) in [5.74, 6) is 0.610. The Hall–Kier alpha value is -0.380. The SMILES string of the molecule is CCOC(C(O)CCc1cccs1)C1CC1. The van der Waals surface area contributed by atoms with Crippen molar-refractivity contribution in [1.82, 2.24) is 0 Å². The van der Waals surface area contributed by atoms with E-state index in [0.717, 1.165) is 12.8 Å². The van der Waals surface area contributed by atoms with Crippen molar-refractivity contribution in [1.29, 1.82) is 0 Å². The predicted octanol–water partition coefficient (Wildman–Crippen LogP) is 2.86. The number of rotatable bonds is 7. The van der Waals surface area contributed by atoms with Gasteiger partial charge in [-0.15, -0.1) is 11.3 Å². The molecule has 1 aliphatic rings. The summed E-state index contributed by atoms with van der Waals surface area (Å²) >= 11 is 1.76. The molecular weight excluding hydrogens is 220 g/mol. The Kier molecular flexibility index (Phi) is 4.38. The lowest BCUT2D eigenvalue weighted by atomic mass is 10.0. The molecule has 1 fully saturated rings. The van der Waals surface area contributed by atoms with Crippen LogP contribution in [0.1, 0.15) is 31.1 Å². The molecule has 1 N–H and O–H groups in total. The summed E-state index contributed by atoms with van der Waals surface area (Å²) < 4.78 is 5.65. The van der Waals surface area contributed by atoms with Gasteiger partial charge in [0.25, 0.3) is 0 Å². The first kappa shape index (κ1) is 12.1. The minimum atomic E-state index is -0.297. The van der Waals surface area contributed by atoms with Crippen LogP contribution in [0, 0.1) is 5.92 Å². The largest absolute Gasteiger partial charge is 0.390 e. The topological polar surface area (TPSA) is 29.5 Å². The van der Waals surface area contributed by atoms with E-state index in [1.54, 1.807) is 11.3 Å². The highest BCUT2D eigenvalue weighted by Crippen LogP contribution is 2.36. The van der Waals surface area contributed by atoms with Crippen molar-refractivity contribution >= 4 is 11.3 Å². The van der Waals surface area contributed by atoms with Crippen LogP contribution in [-0.2, 0) is 11.2 Å². The van der Waals surface area contributed by atoms with Gasteiger partial charge in [0.15, 0.2) is 0 Å². The minimum Gasteiger partial charge on any atom is -0.390 e. The second kappa shape index (κ2) is 5.80. The minimum absolute atomic E-state index is 0.0740. The van der Waals surface area contributed by atoms with E-state index in [2.05, 4.69) is 17.5 Å². The van der Waals surface area contributed by atoms with Crippen LogP contribution >= 0.6 is 11.3 Å². The smallest absolute Gasteiger partial charge is 0.0861 e. The van der Waals surface area contributed by atoms with Gasteiger partial charge in [0.05, 0.1) is 12.2 Å². The molecule has 0 aliphatic heterocycles. The van der Waals surface area contributed by atoms with Gasteiger partial charge in [-0.1, -0.05) is 6.07 Å². The highest BCUT2D eigenvalue weighted by atomic mass is 32.1. The van der Waals surface area contributed by atoms with Gasteiger partial charge in [-0.2, -0.15) is 0 Å². The average molecular weight is 240 g/mol. The summed E-state index contributed by atoms with van der Waals surface area (Å²) in [6.45, 7) is 2.71. The number of aryl methyl sites for hydroxylation is 1. The van der Waals surface area contributed by atoms with Gasteiger partial charge < -0.3 is 9.84 Å². The number of aliphatic hydroxyl groups excluding tert-OH is 1. The Balaban J connectivity index is 1.78. The van der Waals surface area contributed by atoms with E-state index in [-0.39, 0.29) is 12.2 Å². The number of ether oxygens (including phenoxy) is 1. The zero-order valence-electron chi connectivity index (χ0n) is 9.76.